The Hall–Kier alpha value is -2.81. The molecule has 0 rings (SSSR count). The van der Waals surface area contributed by atoms with Gasteiger partial charge < -0.3 is 28.5 Å². The fourth-order valence-electron chi connectivity index (χ4n) is 9.96. The number of unbranched alkanes of at least 4 members (excludes halogenated alkanes) is 35. The Labute approximate surface area is 514 Å². The van der Waals surface area contributed by atoms with Gasteiger partial charge in [0.15, 0.2) is 0 Å². The smallest absolute Gasteiger partial charge is 0.306 e. The average Bonchev–Trinajstić information content (AvgIpc) is 3.47. The number of quaternary nitrogens is 1. The molecule has 0 aliphatic carbocycles. The first kappa shape index (κ1) is 80.2. The molecule has 0 aliphatic heterocycles. The molecule has 0 spiro atoms. The summed E-state index contributed by atoms with van der Waals surface area (Å²) in [5.41, 5.74) is 0. The van der Waals surface area contributed by atoms with Crippen LogP contribution < -0.4 is 10.2 Å². The van der Waals surface area contributed by atoms with E-state index in [1.807, 2.05) is 33.3 Å². The number of allylic oxidation sites excluding steroid dienone is 13. The van der Waals surface area contributed by atoms with Crippen molar-refractivity contribution >= 4 is 19.7 Å². The number of carbonyl (C=O) groups is 2. The summed E-state index contributed by atoms with van der Waals surface area (Å²) in [6.45, 7) is 6.73. The third-order valence-corrected chi connectivity index (χ3v) is 16.3. The van der Waals surface area contributed by atoms with E-state index in [2.05, 4.69) is 99.0 Å². The lowest BCUT2D eigenvalue weighted by Crippen LogP contribution is -2.47. The fourth-order valence-corrected chi connectivity index (χ4v) is 10.7. The summed E-state index contributed by atoms with van der Waals surface area (Å²) in [7, 11) is 1.16. The summed E-state index contributed by atoms with van der Waals surface area (Å²) in [5, 5.41) is 3.02. The van der Waals surface area contributed by atoms with Crippen LogP contribution in [0.25, 0.3) is 0 Å². The highest BCUT2D eigenvalue weighted by atomic mass is 31.2. The molecule has 0 aromatic carbocycles. The van der Waals surface area contributed by atoms with Crippen LogP contribution in [0.5, 0.6) is 0 Å². The fraction of sp³-hybridized carbons (Fsp3) is 0.781. The minimum Gasteiger partial charge on any atom is -0.756 e. The molecule has 0 aromatic rings. The van der Waals surface area contributed by atoms with Crippen LogP contribution in [0.15, 0.2) is 85.1 Å². The lowest BCUT2D eigenvalue weighted by atomic mass is 10.0. The number of nitrogens with one attached hydrogen (secondary N) is 1. The highest BCUT2D eigenvalue weighted by Gasteiger charge is 2.27. The molecule has 0 bridgehead atoms. The van der Waals surface area contributed by atoms with Crippen LogP contribution in [0.1, 0.15) is 316 Å². The Morgan fingerprint density at radius 3 is 1.18 bits per heavy atom. The van der Waals surface area contributed by atoms with Crippen LogP contribution in [-0.2, 0) is 27.9 Å². The van der Waals surface area contributed by atoms with Crippen molar-refractivity contribution in [1.82, 2.24) is 5.32 Å². The van der Waals surface area contributed by atoms with E-state index in [9.17, 15) is 19.0 Å². The third kappa shape index (κ3) is 63.5. The van der Waals surface area contributed by atoms with Crippen molar-refractivity contribution in [1.29, 1.82) is 0 Å². The summed E-state index contributed by atoms with van der Waals surface area (Å²) in [6, 6.07) is -0.910. The van der Waals surface area contributed by atoms with Gasteiger partial charge in [-0.05, 0) is 102 Å². The normalized spacial score (nSPS) is 14.1. The number of ether oxygens (including phenoxy) is 1. The van der Waals surface area contributed by atoms with Crippen molar-refractivity contribution in [2.45, 2.75) is 328 Å². The predicted molar refractivity (Wildman–Crippen MR) is 358 cm³/mol. The first-order valence-corrected chi connectivity index (χ1v) is 36.4. The predicted octanol–water partition coefficient (Wildman–Crippen LogP) is 21.5. The number of phosphoric acid groups is 1. The van der Waals surface area contributed by atoms with E-state index in [4.69, 9.17) is 13.8 Å². The number of esters is 1. The summed E-state index contributed by atoms with van der Waals surface area (Å²) < 4.78 is 30.4. The summed E-state index contributed by atoms with van der Waals surface area (Å²) in [6.07, 6.45) is 82.8. The zero-order valence-electron chi connectivity index (χ0n) is 55.1. The monoisotopic (exact) mass is 1180 g/mol. The highest BCUT2D eigenvalue weighted by Crippen LogP contribution is 2.38. The quantitative estimate of drug-likeness (QED) is 0.0212. The molecular weight excluding hydrogens is 1050 g/mol. The van der Waals surface area contributed by atoms with Crippen LogP contribution >= 0.6 is 7.82 Å². The van der Waals surface area contributed by atoms with Crippen LogP contribution in [0.4, 0.5) is 0 Å². The largest absolute Gasteiger partial charge is 0.756 e. The molecule has 10 heteroatoms. The molecule has 0 radical (unpaired) electrons. The van der Waals surface area contributed by atoms with Crippen molar-refractivity contribution in [3.8, 4) is 0 Å². The second-order valence-electron chi connectivity index (χ2n) is 24.6. The topological polar surface area (TPSA) is 114 Å². The van der Waals surface area contributed by atoms with E-state index in [0.717, 1.165) is 89.9 Å². The standard InChI is InChI=1S/C73H133N2O7P/c1-7-10-13-16-19-22-25-28-30-32-34-35-36-37-38-39-41-43-45-48-51-54-57-60-63-66-73(77)82-71(64-61-58-55-52-49-46-27-24-21-18-15-12-9-3)70(69-81-83(78,79)80-68-67-75(4,5)6)74-72(76)65-62-59-56-53-50-47-44-42-40-33-31-29-26-23-20-17-14-11-8-2/h11,14,20,23,28-31,40,42,47,50,61,64,70-71H,7-10,12-13,15-19,21-22,24-27,32-39,41,43-46,48-49,51-60,62-63,65-69H2,1-6H3,(H-,74,76,78,79)/b14-11-,23-20-,30-28+,31-29-,42-40-,50-47-,64-61-. The van der Waals surface area contributed by atoms with Gasteiger partial charge in [0.1, 0.15) is 19.3 Å². The number of likely N-dealkylation sites (N-methyl/N-ethyl adjacent to an activating group) is 1. The Balaban J connectivity index is 5.15. The average molecular weight is 1180 g/mol. The van der Waals surface area contributed by atoms with Gasteiger partial charge in [-0.25, -0.2) is 0 Å². The van der Waals surface area contributed by atoms with Gasteiger partial charge in [0, 0.05) is 12.8 Å². The molecule has 1 amide bonds. The molecule has 482 valence electrons. The lowest BCUT2D eigenvalue weighted by molar-refractivity contribution is -0.870. The molecular formula is C73H133N2O7P. The molecule has 0 heterocycles. The highest BCUT2D eigenvalue weighted by molar-refractivity contribution is 7.45. The second-order valence-corrected chi connectivity index (χ2v) is 26.1. The van der Waals surface area contributed by atoms with Crippen LogP contribution in [0.2, 0.25) is 0 Å². The number of hydrogen-bond acceptors (Lipinski definition) is 7. The van der Waals surface area contributed by atoms with Crippen LogP contribution in [0, 0.1) is 0 Å². The van der Waals surface area contributed by atoms with Crippen molar-refractivity contribution < 1.29 is 37.3 Å². The molecule has 3 unspecified atom stereocenters. The number of carbonyl (C=O) groups excluding carboxylic acids is 2. The minimum atomic E-state index is -4.72. The maximum atomic E-state index is 13.6. The van der Waals surface area contributed by atoms with Gasteiger partial charge in [-0.2, -0.15) is 0 Å². The SMILES string of the molecule is CC/C=C\C/C=C\C/C=C\C/C=C\C/C=C\CCCCCC(=O)NC(COP(=O)([O-])OCC[N+](C)(C)C)C(/C=C\CCCCCCCCCCCCC)OC(=O)CCCCCCCCCCCCCCCCC/C=C/CCCCCCCC. The maximum absolute atomic E-state index is 13.6. The van der Waals surface area contributed by atoms with Gasteiger partial charge >= 0.3 is 5.97 Å². The second kappa shape index (κ2) is 62.2. The van der Waals surface area contributed by atoms with E-state index in [1.165, 1.54) is 186 Å². The van der Waals surface area contributed by atoms with Crippen molar-refractivity contribution in [3.05, 3.63) is 85.1 Å². The van der Waals surface area contributed by atoms with Gasteiger partial charge in [0.25, 0.3) is 7.82 Å². The molecule has 0 saturated carbocycles. The van der Waals surface area contributed by atoms with Gasteiger partial charge in [0.05, 0.1) is 33.8 Å². The Morgan fingerprint density at radius 2 is 0.771 bits per heavy atom. The first-order valence-electron chi connectivity index (χ1n) is 34.9. The van der Waals surface area contributed by atoms with E-state index >= 15 is 0 Å². The van der Waals surface area contributed by atoms with E-state index in [1.54, 1.807) is 0 Å². The zero-order chi connectivity index (χ0) is 60.7. The molecule has 0 aliphatic rings. The van der Waals surface area contributed by atoms with Crippen molar-refractivity contribution in [2.75, 3.05) is 40.9 Å². The first-order chi connectivity index (χ1) is 40.4. The number of amides is 1. The van der Waals surface area contributed by atoms with Gasteiger partial charge in [0.2, 0.25) is 5.91 Å². The summed E-state index contributed by atoms with van der Waals surface area (Å²) in [4.78, 5) is 40.2. The summed E-state index contributed by atoms with van der Waals surface area (Å²) >= 11 is 0. The molecule has 9 nitrogen and oxygen atoms in total. The third-order valence-electron chi connectivity index (χ3n) is 15.3. The molecule has 0 aromatic heterocycles. The van der Waals surface area contributed by atoms with Gasteiger partial charge in [-0.15, -0.1) is 0 Å². The number of rotatable bonds is 63. The molecule has 0 fully saturated rings. The number of nitrogens with zero attached hydrogens (tertiary/aromatic N) is 1. The molecule has 3 atom stereocenters. The van der Waals surface area contributed by atoms with Crippen molar-refractivity contribution in [2.24, 2.45) is 0 Å². The molecule has 83 heavy (non-hydrogen) atoms. The van der Waals surface area contributed by atoms with Crippen LogP contribution in [0.3, 0.4) is 0 Å². The van der Waals surface area contributed by atoms with E-state index in [-0.39, 0.29) is 31.3 Å². The lowest BCUT2D eigenvalue weighted by Gasteiger charge is -2.30. The van der Waals surface area contributed by atoms with E-state index < -0.39 is 26.6 Å². The van der Waals surface area contributed by atoms with Crippen molar-refractivity contribution in [3.63, 3.8) is 0 Å². The molecule has 1 N–H and O–H groups in total. The van der Waals surface area contributed by atoms with Crippen LogP contribution in [-0.4, -0.2) is 69.4 Å². The van der Waals surface area contributed by atoms with E-state index in [0.29, 0.717) is 17.4 Å². The maximum Gasteiger partial charge on any atom is 0.306 e. The Bertz CT molecular complexity index is 1700. The minimum absolute atomic E-state index is 0.0313. The Morgan fingerprint density at radius 1 is 0.434 bits per heavy atom. The molecule has 0 saturated heterocycles. The number of hydrogen-bond donors (Lipinski definition) is 1. The van der Waals surface area contributed by atoms with Gasteiger partial charge in [-0.1, -0.05) is 286 Å². The zero-order valence-corrected chi connectivity index (χ0v) is 56.0. The van der Waals surface area contributed by atoms with Gasteiger partial charge in [-0.3, -0.25) is 14.2 Å². The number of phosphoric ester groups is 1. The Kier molecular flexibility index (Phi) is 60.1. The summed E-state index contributed by atoms with van der Waals surface area (Å²) in [5.74, 6) is -0.572.